The summed E-state index contributed by atoms with van der Waals surface area (Å²) in [7, 11) is 0. The van der Waals surface area contributed by atoms with Gasteiger partial charge in [-0.25, -0.2) is 0 Å². The van der Waals surface area contributed by atoms with Crippen LogP contribution in [0.1, 0.15) is 21.5 Å². The van der Waals surface area contributed by atoms with Crippen LogP contribution in [0.2, 0.25) is 0 Å². The minimum absolute atomic E-state index is 0.144. The zero-order chi connectivity index (χ0) is 13.1. The topological polar surface area (TPSA) is 55.1 Å². The fourth-order valence-electron chi connectivity index (χ4n) is 1.78. The monoisotopic (exact) mass is 240 g/mol. The molecule has 0 bridgehead atoms. The Morgan fingerprint density at radius 2 is 1.67 bits per heavy atom. The predicted molar refractivity (Wildman–Crippen MR) is 74.7 cm³/mol. The van der Waals surface area contributed by atoms with Gasteiger partial charge in [-0.3, -0.25) is 4.79 Å². The van der Waals surface area contributed by atoms with Crippen molar-refractivity contribution in [3.63, 3.8) is 0 Å². The van der Waals surface area contributed by atoms with Gasteiger partial charge in [0.05, 0.1) is 0 Å². The number of hydrogen-bond donors (Lipinski definition) is 2. The lowest BCUT2D eigenvalue weighted by Gasteiger charge is -2.07. The molecule has 0 aliphatic rings. The summed E-state index contributed by atoms with van der Waals surface area (Å²) in [6.07, 6.45) is 0. The molecule has 0 aliphatic carbocycles. The second-order valence-corrected chi connectivity index (χ2v) is 4.45. The lowest BCUT2D eigenvalue weighted by molar-refractivity contribution is 0.102. The molecule has 1 amide bonds. The Kier molecular flexibility index (Phi) is 3.33. The average molecular weight is 240 g/mol. The molecule has 2 aromatic rings. The number of carbonyl (C=O) groups excluding carboxylic acids is 1. The minimum atomic E-state index is -0.144. The fourth-order valence-corrected chi connectivity index (χ4v) is 1.78. The standard InChI is InChI=1S/C15H16N2O/c1-10-3-5-14(6-4-10)17-15(18)12-7-11(2)8-13(16)9-12/h3-9H,16H2,1-2H3,(H,17,18). The molecule has 3 nitrogen and oxygen atoms in total. The average Bonchev–Trinajstić information content (AvgIpc) is 2.31. The third-order valence-electron chi connectivity index (χ3n) is 2.67. The highest BCUT2D eigenvalue weighted by Crippen LogP contribution is 2.14. The Morgan fingerprint density at radius 3 is 2.28 bits per heavy atom. The van der Waals surface area contributed by atoms with E-state index in [9.17, 15) is 4.79 Å². The first kappa shape index (κ1) is 12.2. The summed E-state index contributed by atoms with van der Waals surface area (Å²) in [6.45, 7) is 3.92. The summed E-state index contributed by atoms with van der Waals surface area (Å²) in [5.74, 6) is -0.144. The predicted octanol–water partition coefficient (Wildman–Crippen LogP) is 3.14. The second-order valence-electron chi connectivity index (χ2n) is 4.45. The van der Waals surface area contributed by atoms with Gasteiger partial charge in [-0.15, -0.1) is 0 Å². The van der Waals surface area contributed by atoms with Gasteiger partial charge in [-0.1, -0.05) is 17.7 Å². The molecule has 0 atom stereocenters. The van der Waals surface area contributed by atoms with Gasteiger partial charge < -0.3 is 11.1 Å². The van der Waals surface area contributed by atoms with Crippen molar-refractivity contribution in [2.24, 2.45) is 0 Å². The summed E-state index contributed by atoms with van der Waals surface area (Å²) in [5.41, 5.74) is 9.83. The molecule has 0 aromatic heterocycles. The first-order chi connectivity index (χ1) is 8.54. The van der Waals surface area contributed by atoms with Crippen molar-refractivity contribution in [1.82, 2.24) is 0 Å². The van der Waals surface area contributed by atoms with Crippen LogP contribution >= 0.6 is 0 Å². The molecule has 18 heavy (non-hydrogen) atoms. The summed E-state index contributed by atoms with van der Waals surface area (Å²) in [5, 5.41) is 2.85. The molecule has 2 rings (SSSR count). The summed E-state index contributed by atoms with van der Waals surface area (Å²) >= 11 is 0. The maximum atomic E-state index is 12.0. The fraction of sp³-hybridized carbons (Fsp3) is 0.133. The van der Waals surface area contributed by atoms with Gasteiger partial charge >= 0.3 is 0 Å². The van der Waals surface area contributed by atoms with E-state index in [0.717, 1.165) is 16.8 Å². The molecule has 3 N–H and O–H groups in total. The van der Waals surface area contributed by atoms with Crippen LogP contribution in [-0.2, 0) is 0 Å². The van der Waals surface area contributed by atoms with Crippen LogP contribution in [-0.4, -0.2) is 5.91 Å². The van der Waals surface area contributed by atoms with E-state index >= 15 is 0 Å². The van der Waals surface area contributed by atoms with Crippen molar-refractivity contribution >= 4 is 17.3 Å². The van der Waals surface area contributed by atoms with E-state index in [4.69, 9.17) is 5.73 Å². The molecule has 0 unspecified atom stereocenters. The SMILES string of the molecule is Cc1ccc(NC(=O)c2cc(C)cc(N)c2)cc1. The van der Waals surface area contributed by atoms with Gasteiger partial charge in [-0.2, -0.15) is 0 Å². The number of aryl methyl sites for hydroxylation is 2. The molecule has 2 aromatic carbocycles. The van der Waals surface area contributed by atoms with E-state index in [2.05, 4.69) is 5.32 Å². The van der Waals surface area contributed by atoms with Crippen molar-refractivity contribution in [2.45, 2.75) is 13.8 Å². The maximum Gasteiger partial charge on any atom is 0.255 e. The van der Waals surface area contributed by atoms with Crippen LogP contribution in [0.25, 0.3) is 0 Å². The Labute approximate surface area is 107 Å². The van der Waals surface area contributed by atoms with E-state index in [-0.39, 0.29) is 5.91 Å². The summed E-state index contributed by atoms with van der Waals surface area (Å²) in [4.78, 5) is 12.0. The zero-order valence-electron chi connectivity index (χ0n) is 10.5. The number of amides is 1. The molecule has 0 aliphatic heterocycles. The molecule has 0 heterocycles. The van der Waals surface area contributed by atoms with E-state index in [1.165, 1.54) is 0 Å². The van der Waals surface area contributed by atoms with Gasteiger partial charge in [-0.05, 0) is 49.7 Å². The molecular weight excluding hydrogens is 224 g/mol. The lowest BCUT2D eigenvalue weighted by Crippen LogP contribution is -2.12. The first-order valence-corrected chi connectivity index (χ1v) is 5.80. The first-order valence-electron chi connectivity index (χ1n) is 5.80. The highest BCUT2D eigenvalue weighted by atomic mass is 16.1. The number of benzene rings is 2. The third kappa shape index (κ3) is 2.88. The van der Waals surface area contributed by atoms with Crippen molar-refractivity contribution < 1.29 is 4.79 Å². The highest BCUT2D eigenvalue weighted by Gasteiger charge is 2.07. The summed E-state index contributed by atoms with van der Waals surface area (Å²) in [6, 6.07) is 13.0. The van der Waals surface area contributed by atoms with Gasteiger partial charge in [0.25, 0.3) is 5.91 Å². The van der Waals surface area contributed by atoms with Crippen LogP contribution in [0.4, 0.5) is 11.4 Å². The van der Waals surface area contributed by atoms with Crippen LogP contribution in [0.3, 0.4) is 0 Å². The number of anilines is 2. The number of nitrogen functional groups attached to an aromatic ring is 1. The third-order valence-corrected chi connectivity index (χ3v) is 2.67. The van der Waals surface area contributed by atoms with E-state index in [1.54, 1.807) is 6.07 Å². The van der Waals surface area contributed by atoms with Crippen molar-refractivity contribution in [2.75, 3.05) is 11.1 Å². The number of nitrogens with one attached hydrogen (secondary N) is 1. The minimum Gasteiger partial charge on any atom is -0.399 e. The number of nitrogens with two attached hydrogens (primary N) is 1. The molecule has 0 fully saturated rings. The highest BCUT2D eigenvalue weighted by molar-refractivity contribution is 6.04. The Balaban J connectivity index is 2.19. The van der Waals surface area contributed by atoms with Gasteiger partial charge in [0, 0.05) is 16.9 Å². The number of rotatable bonds is 2. The molecule has 92 valence electrons. The van der Waals surface area contributed by atoms with Gasteiger partial charge in [0.2, 0.25) is 0 Å². The van der Waals surface area contributed by atoms with Gasteiger partial charge in [0.1, 0.15) is 0 Å². The van der Waals surface area contributed by atoms with Crippen molar-refractivity contribution in [1.29, 1.82) is 0 Å². The Hall–Kier alpha value is -2.29. The van der Waals surface area contributed by atoms with Gasteiger partial charge in [0.15, 0.2) is 0 Å². The zero-order valence-corrected chi connectivity index (χ0v) is 10.5. The molecule has 0 saturated carbocycles. The molecular formula is C15H16N2O. The normalized spacial score (nSPS) is 10.1. The molecule has 0 saturated heterocycles. The molecule has 3 heteroatoms. The largest absolute Gasteiger partial charge is 0.399 e. The quantitative estimate of drug-likeness (QED) is 0.792. The number of hydrogen-bond acceptors (Lipinski definition) is 2. The molecule has 0 radical (unpaired) electrons. The van der Waals surface area contributed by atoms with Crippen molar-refractivity contribution in [3.8, 4) is 0 Å². The second kappa shape index (κ2) is 4.92. The Morgan fingerprint density at radius 1 is 1.00 bits per heavy atom. The lowest BCUT2D eigenvalue weighted by atomic mass is 10.1. The summed E-state index contributed by atoms with van der Waals surface area (Å²) < 4.78 is 0. The van der Waals surface area contributed by atoms with E-state index in [0.29, 0.717) is 11.3 Å². The Bertz CT molecular complexity index is 553. The van der Waals surface area contributed by atoms with E-state index in [1.807, 2.05) is 50.2 Å². The number of carbonyl (C=O) groups is 1. The maximum absolute atomic E-state index is 12.0. The van der Waals surface area contributed by atoms with E-state index < -0.39 is 0 Å². The van der Waals surface area contributed by atoms with Crippen LogP contribution < -0.4 is 11.1 Å². The molecule has 0 spiro atoms. The van der Waals surface area contributed by atoms with Crippen LogP contribution in [0.5, 0.6) is 0 Å². The smallest absolute Gasteiger partial charge is 0.255 e. The van der Waals surface area contributed by atoms with Crippen molar-refractivity contribution in [3.05, 3.63) is 59.2 Å². The van der Waals surface area contributed by atoms with Crippen LogP contribution in [0.15, 0.2) is 42.5 Å². The van der Waals surface area contributed by atoms with Crippen LogP contribution in [0, 0.1) is 13.8 Å².